The first-order valence-corrected chi connectivity index (χ1v) is 9.95. The number of thioether (sulfide) groups is 1. The van der Waals surface area contributed by atoms with E-state index in [1.165, 1.54) is 11.8 Å². The summed E-state index contributed by atoms with van der Waals surface area (Å²) in [4.78, 5) is 14.2. The monoisotopic (exact) mass is 336 g/mol. The molecule has 5 nitrogen and oxygen atoms in total. The lowest BCUT2D eigenvalue weighted by molar-refractivity contribution is -0.120. The molecule has 1 N–H and O–H groups in total. The fraction of sp³-hybridized carbons (Fsp3) is 0.833. The lowest BCUT2D eigenvalue weighted by atomic mass is 10.2. The summed E-state index contributed by atoms with van der Waals surface area (Å²) < 4.78 is 23.5. The lowest BCUT2D eigenvalue weighted by Gasteiger charge is -2.21. The highest BCUT2D eigenvalue weighted by molar-refractivity contribution is 8.23. The van der Waals surface area contributed by atoms with E-state index in [4.69, 9.17) is 12.2 Å². The van der Waals surface area contributed by atoms with Crippen molar-refractivity contribution in [1.82, 2.24) is 10.2 Å². The van der Waals surface area contributed by atoms with Gasteiger partial charge in [-0.15, -0.1) is 0 Å². The van der Waals surface area contributed by atoms with Crippen LogP contribution in [-0.4, -0.2) is 59.4 Å². The first kappa shape index (κ1) is 16.0. The summed E-state index contributed by atoms with van der Waals surface area (Å²) in [6.45, 7) is 3.76. The molecular weight excluding hydrogens is 316 g/mol. The van der Waals surface area contributed by atoms with Crippen molar-refractivity contribution in [2.24, 2.45) is 0 Å². The van der Waals surface area contributed by atoms with E-state index in [0.717, 1.165) is 30.3 Å². The van der Waals surface area contributed by atoms with Crippen LogP contribution in [0.1, 0.15) is 26.2 Å². The highest BCUT2D eigenvalue weighted by Gasteiger charge is 2.30. The van der Waals surface area contributed by atoms with E-state index in [1.807, 2.05) is 6.92 Å². The molecule has 0 saturated carbocycles. The van der Waals surface area contributed by atoms with Crippen LogP contribution >= 0.6 is 24.0 Å². The van der Waals surface area contributed by atoms with Crippen LogP contribution in [-0.2, 0) is 14.6 Å². The molecule has 2 atom stereocenters. The van der Waals surface area contributed by atoms with E-state index in [-0.39, 0.29) is 28.7 Å². The van der Waals surface area contributed by atoms with Crippen molar-refractivity contribution in [3.63, 3.8) is 0 Å². The van der Waals surface area contributed by atoms with Crippen LogP contribution in [0.15, 0.2) is 0 Å². The van der Waals surface area contributed by atoms with E-state index < -0.39 is 9.84 Å². The number of likely N-dealkylation sites (tertiary alicyclic amines) is 1. The first-order chi connectivity index (χ1) is 9.37. The predicted molar refractivity (Wildman–Crippen MR) is 85.7 cm³/mol. The number of nitrogens with one attached hydrogen (secondary N) is 1. The number of amides is 1. The summed E-state index contributed by atoms with van der Waals surface area (Å²) in [5, 5.41) is 2.53. The number of hydrogen-bond donors (Lipinski definition) is 1. The number of sulfone groups is 1. The lowest BCUT2D eigenvalue weighted by Crippen LogP contribution is -2.40. The Morgan fingerprint density at radius 3 is 2.60 bits per heavy atom. The van der Waals surface area contributed by atoms with Crippen LogP contribution in [0.5, 0.6) is 0 Å². The fourth-order valence-corrected chi connectivity index (χ4v) is 5.50. The van der Waals surface area contributed by atoms with E-state index in [0.29, 0.717) is 6.42 Å². The average molecular weight is 337 g/mol. The number of nitrogens with zero attached hydrogens (tertiary/aromatic N) is 1. The Morgan fingerprint density at radius 2 is 2.05 bits per heavy atom. The molecule has 114 valence electrons. The molecule has 0 aromatic rings. The highest BCUT2D eigenvalue weighted by atomic mass is 32.2. The normalized spacial score (nSPS) is 26.4. The molecule has 8 heteroatoms. The molecule has 0 aromatic heterocycles. The molecule has 0 aromatic carbocycles. The third-order valence-electron chi connectivity index (χ3n) is 3.59. The summed E-state index contributed by atoms with van der Waals surface area (Å²) in [7, 11) is -2.96. The smallest absolute Gasteiger partial charge is 0.233 e. The molecule has 1 amide bonds. The minimum atomic E-state index is -2.96. The molecule has 0 unspecified atom stereocenters. The Labute approximate surface area is 129 Å². The second-order valence-electron chi connectivity index (χ2n) is 5.33. The number of carbonyl (C=O) groups excluding carboxylic acids is 1. The van der Waals surface area contributed by atoms with Gasteiger partial charge < -0.3 is 10.2 Å². The van der Waals surface area contributed by atoms with Crippen LogP contribution in [0.2, 0.25) is 0 Å². The summed E-state index contributed by atoms with van der Waals surface area (Å²) in [6, 6.07) is -0.240. The maximum absolute atomic E-state index is 12.1. The first-order valence-electron chi connectivity index (χ1n) is 6.84. The summed E-state index contributed by atoms with van der Waals surface area (Å²) in [6.07, 6.45) is 2.82. The van der Waals surface area contributed by atoms with Crippen molar-refractivity contribution in [2.75, 3.05) is 24.6 Å². The van der Waals surface area contributed by atoms with Crippen molar-refractivity contribution < 1.29 is 13.2 Å². The molecule has 20 heavy (non-hydrogen) atoms. The molecule has 0 aliphatic carbocycles. The zero-order valence-corrected chi connectivity index (χ0v) is 14.0. The van der Waals surface area contributed by atoms with Crippen molar-refractivity contribution >= 4 is 44.0 Å². The van der Waals surface area contributed by atoms with Crippen LogP contribution in [0.25, 0.3) is 0 Å². The predicted octanol–water partition coefficient (Wildman–Crippen LogP) is 0.792. The van der Waals surface area contributed by atoms with Gasteiger partial charge in [0.05, 0.1) is 16.8 Å². The van der Waals surface area contributed by atoms with Gasteiger partial charge in [0.25, 0.3) is 0 Å². The SMILES string of the molecule is C[C@@H](SC(=S)N1CCCC1)C(=O)N[C@@H]1CCS(=O)(=O)C1. The van der Waals surface area contributed by atoms with Crippen LogP contribution in [0, 0.1) is 0 Å². The molecule has 0 radical (unpaired) electrons. The number of hydrogen-bond acceptors (Lipinski definition) is 5. The van der Waals surface area contributed by atoms with Gasteiger partial charge in [0, 0.05) is 19.1 Å². The van der Waals surface area contributed by atoms with Crippen LogP contribution in [0.3, 0.4) is 0 Å². The quantitative estimate of drug-likeness (QED) is 0.769. The maximum atomic E-state index is 12.1. The van der Waals surface area contributed by atoms with Gasteiger partial charge in [-0.05, 0) is 26.2 Å². The third kappa shape index (κ3) is 4.33. The Hall–Kier alpha value is -0.340. The zero-order chi connectivity index (χ0) is 14.8. The van der Waals surface area contributed by atoms with E-state index in [1.54, 1.807) is 0 Å². The van der Waals surface area contributed by atoms with Gasteiger partial charge in [-0.3, -0.25) is 4.79 Å². The molecular formula is C12H20N2O3S3. The number of carbonyl (C=O) groups is 1. The molecule has 0 spiro atoms. The van der Waals surface area contributed by atoms with E-state index in [2.05, 4.69) is 10.2 Å². The fourth-order valence-electron chi connectivity index (χ4n) is 2.41. The molecule has 2 fully saturated rings. The molecule has 2 heterocycles. The van der Waals surface area contributed by atoms with Gasteiger partial charge >= 0.3 is 0 Å². The largest absolute Gasteiger partial charge is 0.358 e. The summed E-state index contributed by atoms with van der Waals surface area (Å²) in [5.74, 6) is 0.108. The van der Waals surface area contributed by atoms with Crippen molar-refractivity contribution in [3.05, 3.63) is 0 Å². The van der Waals surface area contributed by atoms with Gasteiger partial charge in [0.15, 0.2) is 9.84 Å². The Balaban J connectivity index is 1.78. The maximum Gasteiger partial charge on any atom is 0.233 e. The highest BCUT2D eigenvalue weighted by Crippen LogP contribution is 2.21. The van der Waals surface area contributed by atoms with Gasteiger partial charge in [-0.2, -0.15) is 0 Å². The van der Waals surface area contributed by atoms with E-state index in [9.17, 15) is 13.2 Å². The Morgan fingerprint density at radius 1 is 1.40 bits per heavy atom. The minimum absolute atomic E-state index is 0.0622. The number of rotatable bonds is 3. The second-order valence-corrected chi connectivity index (χ2v) is 9.53. The number of thiocarbonyl (C=S) groups is 1. The zero-order valence-electron chi connectivity index (χ0n) is 11.5. The van der Waals surface area contributed by atoms with Crippen LogP contribution < -0.4 is 5.32 Å². The second kappa shape index (κ2) is 6.62. The van der Waals surface area contributed by atoms with Crippen LogP contribution in [0.4, 0.5) is 0 Å². The molecule has 0 bridgehead atoms. The molecule has 2 aliphatic rings. The summed E-state index contributed by atoms with van der Waals surface area (Å²) in [5.41, 5.74) is 0. The van der Waals surface area contributed by atoms with Crippen molar-refractivity contribution in [1.29, 1.82) is 0 Å². The van der Waals surface area contributed by atoms with Crippen molar-refractivity contribution in [3.8, 4) is 0 Å². The molecule has 2 aliphatic heterocycles. The third-order valence-corrected chi connectivity index (χ3v) is 6.93. The van der Waals surface area contributed by atoms with Gasteiger partial charge in [0.2, 0.25) is 5.91 Å². The summed E-state index contributed by atoms with van der Waals surface area (Å²) >= 11 is 6.73. The molecule has 2 rings (SSSR count). The topological polar surface area (TPSA) is 66.5 Å². The minimum Gasteiger partial charge on any atom is -0.358 e. The van der Waals surface area contributed by atoms with Gasteiger partial charge in [-0.1, -0.05) is 24.0 Å². The van der Waals surface area contributed by atoms with E-state index >= 15 is 0 Å². The Kier molecular flexibility index (Phi) is 5.30. The van der Waals surface area contributed by atoms with Crippen molar-refractivity contribution in [2.45, 2.75) is 37.5 Å². The molecule has 2 saturated heterocycles. The van der Waals surface area contributed by atoms with Gasteiger partial charge in [0.1, 0.15) is 4.32 Å². The Bertz CT molecular complexity index is 486. The average Bonchev–Trinajstić information content (AvgIpc) is 2.98. The van der Waals surface area contributed by atoms with Gasteiger partial charge in [-0.25, -0.2) is 8.42 Å². The standard InChI is InChI=1S/C12H20N2O3S3/c1-9(19-12(18)14-5-2-3-6-14)11(15)13-10-4-7-20(16,17)8-10/h9-10H,2-8H2,1H3,(H,13,15)/t9-,10-/m1/s1.